The summed E-state index contributed by atoms with van der Waals surface area (Å²) in [7, 11) is 1.65. The lowest BCUT2D eigenvalue weighted by Gasteiger charge is -2.18. The van der Waals surface area contributed by atoms with Crippen LogP contribution in [0.4, 0.5) is 5.82 Å². The Balaban J connectivity index is 1.85. The molecule has 34 heavy (non-hydrogen) atoms. The van der Waals surface area contributed by atoms with Gasteiger partial charge in [0.1, 0.15) is 11.6 Å². The molecule has 5 rings (SSSR count). The molecule has 0 aliphatic rings. The molecule has 2 N–H and O–H groups in total. The predicted molar refractivity (Wildman–Crippen MR) is 141 cm³/mol. The fourth-order valence-corrected chi connectivity index (χ4v) is 4.44. The smallest absolute Gasteiger partial charge is 0.207 e. The first kappa shape index (κ1) is 22.1. The van der Waals surface area contributed by atoms with Crippen LogP contribution < -0.4 is 10.5 Å². The maximum Gasteiger partial charge on any atom is 0.207 e. The van der Waals surface area contributed by atoms with E-state index in [2.05, 4.69) is 0 Å². The first-order chi connectivity index (χ1) is 16.5. The lowest BCUT2D eigenvalue weighted by molar-refractivity contribution is 0.415. The highest BCUT2D eigenvalue weighted by molar-refractivity contribution is 7.71. The number of methoxy groups -OCH3 is 1. The minimum Gasteiger partial charge on any atom is -0.497 e. The molecule has 5 nitrogen and oxygen atoms in total. The molecule has 0 aliphatic heterocycles. The van der Waals surface area contributed by atoms with Crippen molar-refractivity contribution in [2.45, 2.75) is 6.92 Å². The highest BCUT2D eigenvalue weighted by Gasteiger charge is 2.18. The molecule has 0 bridgehead atoms. The topological polar surface area (TPSA) is 66.0 Å². The minimum absolute atomic E-state index is 0.348. The molecule has 168 valence electrons. The lowest BCUT2D eigenvalue weighted by Crippen LogP contribution is -2.10. The van der Waals surface area contributed by atoms with Crippen LogP contribution >= 0.6 is 23.8 Å². The van der Waals surface area contributed by atoms with Gasteiger partial charge < -0.3 is 10.5 Å². The Hall–Kier alpha value is -3.74. The Morgan fingerprint density at radius 2 is 1.59 bits per heavy atom. The van der Waals surface area contributed by atoms with E-state index >= 15 is 0 Å². The van der Waals surface area contributed by atoms with Crippen LogP contribution in [0.2, 0.25) is 5.02 Å². The molecule has 0 saturated heterocycles. The van der Waals surface area contributed by atoms with Gasteiger partial charge in [-0.05, 0) is 72.2 Å². The van der Waals surface area contributed by atoms with Crippen LogP contribution in [0.1, 0.15) is 5.56 Å². The summed E-state index contributed by atoms with van der Waals surface area (Å²) in [5, 5.41) is 1.40. The number of nitrogens with zero attached hydrogens (tertiary/aromatic N) is 3. The summed E-state index contributed by atoms with van der Waals surface area (Å²) in [6.07, 6.45) is 0. The number of hydrogen-bond acceptors (Lipinski definition) is 5. The summed E-state index contributed by atoms with van der Waals surface area (Å²) >= 11 is 11.8. The van der Waals surface area contributed by atoms with Gasteiger partial charge in [-0.2, -0.15) is 4.98 Å². The quantitative estimate of drug-likeness (QED) is 0.277. The van der Waals surface area contributed by atoms with Crippen LogP contribution in [0.3, 0.4) is 0 Å². The maximum atomic E-state index is 6.80. The zero-order valence-corrected chi connectivity index (χ0v) is 20.2. The van der Waals surface area contributed by atoms with Crippen molar-refractivity contribution in [1.29, 1.82) is 0 Å². The summed E-state index contributed by atoms with van der Waals surface area (Å²) < 4.78 is 7.50. The number of halogens is 1. The number of para-hydroxylation sites is 1. The number of anilines is 1. The molecule has 0 aliphatic carbocycles. The zero-order chi connectivity index (χ0) is 23.8. The standard InChI is InChI=1S/C27H21ClN4OS/c1-16-5-3-4-6-23(16)32-25(29)24-21(17-9-13-20(33-2)14-10-17)15-22(30-26(24)31-27(32)34)18-7-11-19(28)12-8-18/h3-15H,29H2,1-2H3. The Labute approximate surface area is 207 Å². The number of nitrogens with two attached hydrogens (primary N) is 1. The van der Waals surface area contributed by atoms with Crippen LogP contribution in [-0.2, 0) is 0 Å². The number of fused-ring (bicyclic) bond motifs is 1. The lowest BCUT2D eigenvalue weighted by atomic mass is 9.99. The molecule has 0 radical (unpaired) electrons. The fourth-order valence-electron chi connectivity index (χ4n) is 4.03. The van der Waals surface area contributed by atoms with E-state index in [1.54, 1.807) is 7.11 Å². The van der Waals surface area contributed by atoms with Crippen molar-refractivity contribution in [2.24, 2.45) is 0 Å². The second kappa shape index (κ2) is 8.89. The van der Waals surface area contributed by atoms with Crippen molar-refractivity contribution in [1.82, 2.24) is 14.5 Å². The molecule has 2 aromatic heterocycles. The first-order valence-corrected chi connectivity index (χ1v) is 11.4. The number of pyridine rings is 1. The van der Waals surface area contributed by atoms with Gasteiger partial charge in [-0.15, -0.1) is 0 Å². The van der Waals surface area contributed by atoms with Gasteiger partial charge >= 0.3 is 0 Å². The maximum absolute atomic E-state index is 6.80. The zero-order valence-electron chi connectivity index (χ0n) is 18.6. The molecular formula is C27H21ClN4OS. The van der Waals surface area contributed by atoms with Crippen molar-refractivity contribution < 1.29 is 4.74 Å². The number of nitrogen functional groups attached to an aromatic ring is 1. The number of aromatic nitrogens is 3. The fraction of sp³-hybridized carbons (Fsp3) is 0.0741. The Morgan fingerprint density at radius 3 is 2.26 bits per heavy atom. The van der Waals surface area contributed by atoms with E-state index in [0.717, 1.165) is 44.8 Å². The third kappa shape index (κ3) is 3.91. The normalized spacial score (nSPS) is 11.0. The van der Waals surface area contributed by atoms with Crippen LogP contribution in [0.25, 0.3) is 39.1 Å². The van der Waals surface area contributed by atoms with Gasteiger partial charge in [-0.25, -0.2) is 4.98 Å². The molecule has 0 atom stereocenters. The molecular weight excluding hydrogens is 464 g/mol. The van der Waals surface area contributed by atoms with Gasteiger partial charge in [0.05, 0.1) is 23.9 Å². The third-order valence-corrected chi connectivity index (χ3v) is 6.31. The molecule has 7 heteroatoms. The summed E-state index contributed by atoms with van der Waals surface area (Å²) in [4.78, 5) is 9.55. The first-order valence-electron chi connectivity index (χ1n) is 10.7. The van der Waals surface area contributed by atoms with E-state index in [1.165, 1.54) is 0 Å². The van der Waals surface area contributed by atoms with Gasteiger partial charge in [-0.3, -0.25) is 4.57 Å². The monoisotopic (exact) mass is 484 g/mol. The van der Waals surface area contributed by atoms with Crippen molar-refractivity contribution >= 4 is 40.7 Å². The number of ether oxygens (including phenoxy) is 1. The summed E-state index contributed by atoms with van der Waals surface area (Å²) in [6.45, 7) is 2.02. The molecule has 0 amide bonds. The van der Waals surface area contributed by atoms with E-state index in [1.807, 2.05) is 90.4 Å². The number of rotatable bonds is 4. The van der Waals surface area contributed by atoms with Crippen LogP contribution in [0.15, 0.2) is 78.9 Å². The summed E-state index contributed by atoms with van der Waals surface area (Å²) in [5.41, 5.74) is 12.8. The molecule has 0 fully saturated rings. The van der Waals surface area contributed by atoms with E-state index in [-0.39, 0.29) is 0 Å². The summed E-state index contributed by atoms with van der Waals surface area (Å²) in [5.74, 6) is 1.26. The number of aryl methyl sites for hydroxylation is 1. The van der Waals surface area contributed by atoms with Crippen molar-refractivity contribution in [3.05, 3.63) is 94.2 Å². The average Bonchev–Trinajstić information content (AvgIpc) is 2.85. The minimum atomic E-state index is 0.348. The Bertz CT molecular complexity index is 1580. The van der Waals surface area contributed by atoms with E-state index < -0.39 is 0 Å². The van der Waals surface area contributed by atoms with Crippen molar-refractivity contribution in [3.8, 4) is 33.8 Å². The predicted octanol–water partition coefficient (Wildman–Crippen LogP) is 7.04. The van der Waals surface area contributed by atoms with Crippen LogP contribution in [0, 0.1) is 11.7 Å². The SMILES string of the molecule is COc1ccc(-c2cc(-c3ccc(Cl)cc3)nc3nc(=S)n(-c4ccccc4C)c(N)c23)cc1. The molecule has 0 saturated carbocycles. The molecule has 2 heterocycles. The number of hydrogen-bond donors (Lipinski definition) is 1. The van der Waals surface area contributed by atoms with Crippen LogP contribution in [0.5, 0.6) is 5.75 Å². The Morgan fingerprint density at radius 1 is 0.912 bits per heavy atom. The van der Waals surface area contributed by atoms with E-state index in [4.69, 9.17) is 44.3 Å². The van der Waals surface area contributed by atoms with Crippen molar-refractivity contribution in [2.75, 3.05) is 12.8 Å². The van der Waals surface area contributed by atoms with Gasteiger partial charge in [0.15, 0.2) is 5.65 Å². The van der Waals surface area contributed by atoms with Gasteiger partial charge in [0, 0.05) is 10.6 Å². The second-order valence-electron chi connectivity index (χ2n) is 7.89. The van der Waals surface area contributed by atoms with Crippen LogP contribution in [-0.4, -0.2) is 21.6 Å². The average molecular weight is 485 g/mol. The van der Waals surface area contributed by atoms with Crippen molar-refractivity contribution in [3.63, 3.8) is 0 Å². The van der Waals surface area contributed by atoms with E-state index in [9.17, 15) is 0 Å². The molecule has 0 spiro atoms. The molecule has 3 aromatic carbocycles. The Kier molecular flexibility index (Phi) is 5.77. The van der Waals surface area contributed by atoms with E-state index in [0.29, 0.717) is 21.3 Å². The largest absolute Gasteiger partial charge is 0.497 e. The third-order valence-electron chi connectivity index (χ3n) is 5.79. The van der Waals surface area contributed by atoms with Gasteiger partial charge in [-0.1, -0.05) is 54.1 Å². The number of benzene rings is 3. The van der Waals surface area contributed by atoms with Gasteiger partial charge in [0.2, 0.25) is 4.77 Å². The highest BCUT2D eigenvalue weighted by atomic mass is 35.5. The second-order valence-corrected chi connectivity index (χ2v) is 8.69. The highest BCUT2D eigenvalue weighted by Crippen LogP contribution is 2.36. The molecule has 5 aromatic rings. The van der Waals surface area contributed by atoms with Gasteiger partial charge in [0.25, 0.3) is 0 Å². The summed E-state index contributed by atoms with van der Waals surface area (Å²) in [6, 6.07) is 25.4. The molecule has 0 unspecified atom stereocenters.